The number of hydrogen-bond donors (Lipinski definition) is 1. The van der Waals surface area contributed by atoms with Gasteiger partial charge in [0.15, 0.2) is 6.10 Å². The van der Waals surface area contributed by atoms with E-state index in [-0.39, 0.29) is 18.2 Å². The van der Waals surface area contributed by atoms with E-state index in [0.29, 0.717) is 0 Å². The number of hydrogen-bond acceptors (Lipinski definition) is 2. The van der Waals surface area contributed by atoms with Gasteiger partial charge in [0.2, 0.25) is 0 Å². The van der Waals surface area contributed by atoms with E-state index in [0.717, 1.165) is 5.56 Å². The topological polar surface area (TPSA) is 38.3 Å². The quantitative estimate of drug-likeness (QED) is 0.727. The molecule has 3 nitrogen and oxygen atoms in total. The van der Waals surface area contributed by atoms with Crippen molar-refractivity contribution in [2.45, 2.75) is 12.1 Å². The summed E-state index contributed by atoms with van der Waals surface area (Å²) in [6, 6.07) is 12.3. The van der Waals surface area contributed by atoms with Crippen LogP contribution in [0.1, 0.15) is 23.3 Å². The molecule has 0 aromatic heterocycles. The van der Waals surface area contributed by atoms with E-state index in [1.54, 1.807) is 0 Å². The van der Waals surface area contributed by atoms with Crippen molar-refractivity contribution in [2.75, 3.05) is 0 Å². The number of fused-ring (bicyclic) bond motifs is 3. The highest BCUT2D eigenvalue weighted by molar-refractivity contribution is 5.93. The summed E-state index contributed by atoms with van der Waals surface area (Å²) in [5.41, 5.74) is 2.29. The molecule has 2 atom stereocenters. The fraction of sp³-hybridized carbons (Fsp3) is 0.154. The first-order chi connectivity index (χ1) is 7.84. The number of amides is 1. The molecule has 0 spiro atoms. The van der Waals surface area contributed by atoms with Gasteiger partial charge in [0, 0.05) is 5.56 Å². The maximum atomic E-state index is 11.3. The SMILES string of the molecule is O=C1N[C@H]2c3cccc4cccc(c34)[C@H]2O1. The van der Waals surface area contributed by atoms with E-state index >= 15 is 0 Å². The fourth-order valence-corrected chi connectivity index (χ4v) is 2.80. The second kappa shape index (κ2) is 2.55. The molecule has 1 N–H and O–H groups in total. The molecule has 4 rings (SSSR count). The highest BCUT2D eigenvalue weighted by Crippen LogP contribution is 2.48. The number of rotatable bonds is 0. The molecule has 2 aromatic rings. The molecule has 2 aromatic carbocycles. The lowest BCUT2D eigenvalue weighted by molar-refractivity contribution is 0.135. The number of alkyl carbamates (subject to hydrolysis) is 1. The van der Waals surface area contributed by atoms with Gasteiger partial charge in [-0.15, -0.1) is 0 Å². The standard InChI is InChI=1S/C13H9NO2/c15-13-14-11-8-5-1-3-7-4-2-6-9(10(7)8)12(11)16-13/h1-6,11-12H,(H,14,15)/t11-,12+/m0/s1. The second-order valence-electron chi connectivity index (χ2n) is 4.24. The van der Waals surface area contributed by atoms with Crippen LogP contribution in [0.25, 0.3) is 10.8 Å². The Hall–Kier alpha value is -2.03. The maximum Gasteiger partial charge on any atom is 0.408 e. The zero-order valence-corrected chi connectivity index (χ0v) is 8.44. The Morgan fingerprint density at radius 2 is 1.81 bits per heavy atom. The summed E-state index contributed by atoms with van der Waals surface area (Å²) in [4.78, 5) is 11.3. The minimum Gasteiger partial charge on any atom is -0.439 e. The van der Waals surface area contributed by atoms with Gasteiger partial charge in [-0.3, -0.25) is 0 Å². The van der Waals surface area contributed by atoms with Gasteiger partial charge in [0.1, 0.15) is 0 Å². The smallest absolute Gasteiger partial charge is 0.408 e. The van der Waals surface area contributed by atoms with Crippen LogP contribution in [-0.2, 0) is 4.74 Å². The van der Waals surface area contributed by atoms with Crippen molar-refractivity contribution in [1.29, 1.82) is 0 Å². The van der Waals surface area contributed by atoms with Gasteiger partial charge in [0.05, 0.1) is 6.04 Å². The normalized spacial score (nSPS) is 25.4. The largest absolute Gasteiger partial charge is 0.439 e. The van der Waals surface area contributed by atoms with Crippen molar-refractivity contribution in [3.8, 4) is 0 Å². The highest BCUT2D eigenvalue weighted by atomic mass is 16.6. The van der Waals surface area contributed by atoms with Crippen molar-refractivity contribution >= 4 is 16.9 Å². The summed E-state index contributed by atoms with van der Waals surface area (Å²) in [7, 11) is 0. The lowest BCUT2D eigenvalue weighted by Gasteiger charge is -2.07. The molecule has 0 radical (unpaired) electrons. The van der Waals surface area contributed by atoms with Gasteiger partial charge in [-0.2, -0.15) is 0 Å². The monoisotopic (exact) mass is 211 g/mol. The van der Waals surface area contributed by atoms with Crippen LogP contribution in [0.15, 0.2) is 36.4 Å². The maximum absolute atomic E-state index is 11.3. The summed E-state index contributed by atoms with van der Waals surface area (Å²) in [5, 5.41) is 5.31. The molecule has 1 saturated heterocycles. The predicted molar refractivity (Wildman–Crippen MR) is 59.0 cm³/mol. The molecule has 0 unspecified atom stereocenters. The van der Waals surface area contributed by atoms with Crippen molar-refractivity contribution in [2.24, 2.45) is 0 Å². The van der Waals surface area contributed by atoms with Crippen LogP contribution in [0, 0.1) is 0 Å². The molecule has 78 valence electrons. The molecule has 0 saturated carbocycles. The van der Waals surface area contributed by atoms with Crippen molar-refractivity contribution in [3.63, 3.8) is 0 Å². The van der Waals surface area contributed by atoms with Crippen molar-refractivity contribution in [3.05, 3.63) is 47.5 Å². The van der Waals surface area contributed by atoms with Crippen molar-refractivity contribution in [1.82, 2.24) is 5.32 Å². The Morgan fingerprint density at radius 1 is 1.06 bits per heavy atom. The Labute approximate surface area is 92.0 Å². The van der Waals surface area contributed by atoms with Crippen LogP contribution in [0.3, 0.4) is 0 Å². The van der Waals surface area contributed by atoms with Gasteiger partial charge in [0.25, 0.3) is 0 Å². The summed E-state index contributed by atoms with van der Waals surface area (Å²) in [6.07, 6.45) is -0.463. The first kappa shape index (κ1) is 8.16. The molecule has 1 aliphatic heterocycles. The summed E-state index contributed by atoms with van der Waals surface area (Å²) in [6.45, 7) is 0. The van der Waals surface area contributed by atoms with Gasteiger partial charge in [-0.05, 0) is 16.3 Å². The third-order valence-corrected chi connectivity index (χ3v) is 3.42. The zero-order chi connectivity index (χ0) is 10.7. The molecule has 1 amide bonds. The Kier molecular flexibility index (Phi) is 1.30. The summed E-state index contributed by atoms with van der Waals surface area (Å²) < 4.78 is 5.31. The van der Waals surface area contributed by atoms with E-state index in [2.05, 4.69) is 23.5 Å². The summed E-state index contributed by atoms with van der Waals surface area (Å²) in [5.74, 6) is 0. The fourth-order valence-electron chi connectivity index (χ4n) is 2.80. The van der Waals surface area contributed by atoms with Gasteiger partial charge < -0.3 is 10.1 Å². The lowest BCUT2D eigenvalue weighted by Crippen LogP contribution is -2.17. The van der Waals surface area contributed by atoms with E-state index in [4.69, 9.17) is 4.74 Å². The number of carbonyl (C=O) groups excluding carboxylic acids is 1. The second-order valence-corrected chi connectivity index (χ2v) is 4.24. The molecule has 3 heteroatoms. The molecule has 1 fully saturated rings. The highest BCUT2D eigenvalue weighted by Gasteiger charge is 2.42. The Balaban J connectivity index is 2.09. The minimum absolute atomic E-state index is 0.00593. The predicted octanol–water partition coefficient (Wildman–Crippen LogP) is 2.68. The Bertz CT molecular complexity index is 572. The average Bonchev–Trinajstić information content (AvgIpc) is 2.80. The first-order valence-corrected chi connectivity index (χ1v) is 5.33. The van der Waals surface area contributed by atoms with Gasteiger partial charge >= 0.3 is 6.09 Å². The minimum atomic E-state index is -0.318. The third kappa shape index (κ3) is 0.818. The van der Waals surface area contributed by atoms with Crippen molar-refractivity contribution < 1.29 is 9.53 Å². The molecular weight excluding hydrogens is 202 g/mol. The molecule has 16 heavy (non-hydrogen) atoms. The van der Waals surface area contributed by atoms with E-state index < -0.39 is 0 Å². The number of nitrogens with one attached hydrogen (secondary N) is 1. The van der Waals surface area contributed by atoms with E-state index in [1.807, 2.05) is 18.2 Å². The third-order valence-electron chi connectivity index (χ3n) is 3.42. The Morgan fingerprint density at radius 3 is 2.62 bits per heavy atom. The van der Waals surface area contributed by atoms with Crippen LogP contribution in [-0.4, -0.2) is 6.09 Å². The lowest BCUT2D eigenvalue weighted by atomic mass is 10.0. The molecule has 0 bridgehead atoms. The first-order valence-electron chi connectivity index (χ1n) is 5.33. The number of benzene rings is 2. The van der Waals surface area contributed by atoms with Gasteiger partial charge in [-0.25, -0.2) is 4.79 Å². The number of ether oxygens (including phenoxy) is 1. The zero-order valence-electron chi connectivity index (χ0n) is 8.44. The average molecular weight is 211 g/mol. The summed E-state index contributed by atoms with van der Waals surface area (Å²) >= 11 is 0. The molecular formula is C13H9NO2. The van der Waals surface area contributed by atoms with Gasteiger partial charge in [-0.1, -0.05) is 36.4 Å². The van der Waals surface area contributed by atoms with Crippen LogP contribution < -0.4 is 5.32 Å². The van der Waals surface area contributed by atoms with Crippen LogP contribution >= 0.6 is 0 Å². The molecule has 1 aliphatic carbocycles. The molecule has 1 heterocycles. The van der Waals surface area contributed by atoms with Crippen LogP contribution in [0.2, 0.25) is 0 Å². The molecule has 2 aliphatic rings. The van der Waals surface area contributed by atoms with Crippen LogP contribution in [0.4, 0.5) is 4.79 Å². The van der Waals surface area contributed by atoms with E-state index in [9.17, 15) is 4.79 Å². The number of carbonyl (C=O) groups is 1. The van der Waals surface area contributed by atoms with E-state index in [1.165, 1.54) is 16.3 Å². The van der Waals surface area contributed by atoms with Crippen LogP contribution in [0.5, 0.6) is 0 Å².